The highest BCUT2D eigenvalue weighted by Crippen LogP contribution is 2.24. The fourth-order valence-electron chi connectivity index (χ4n) is 1.96. The summed E-state index contributed by atoms with van der Waals surface area (Å²) in [4.78, 5) is 12.0. The third-order valence-corrected chi connectivity index (χ3v) is 4.10. The number of amides is 1. The maximum Gasteiger partial charge on any atom is 0.224 e. The van der Waals surface area contributed by atoms with Crippen molar-refractivity contribution in [3.05, 3.63) is 62.7 Å². The zero-order chi connectivity index (χ0) is 15.2. The van der Waals surface area contributed by atoms with Gasteiger partial charge < -0.3 is 11.1 Å². The Bertz CT molecular complexity index is 619. The molecule has 0 spiro atoms. The number of hydrogen-bond acceptors (Lipinski definition) is 2. The number of halogens is 2. The number of hydrogen-bond donors (Lipinski definition) is 2. The highest BCUT2D eigenvalue weighted by atomic mass is 127. The molecule has 0 heterocycles. The summed E-state index contributed by atoms with van der Waals surface area (Å²) in [5, 5.41) is 3.36. The molecule has 21 heavy (non-hydrogen) atoms. The van der Waals surface area contributed by atoms with Gasteiger partial charge in [0.05, 0.1) is 10.7 Å². The summed E-state index contributed by atoms with van der Waals surface area (Å²) in [5.41, 5.74) is 7.75. The number of rotatable bonds is 5. The van der Waals surface area contributed by atoms with E-state index >= 15 is 0 Å². The number of carbonyl (C=O) groups excluding carboxylic acids is 1. The molecule has 0 aromatic heterocycles. The lowest BCUT2D eigenvalue weighted by Gasteiger charge is -2.12. The molecule has 0 aliphatic rings. The lowest BCUT2D eigenvalue weighted by molar-refractivity contribution is -0.116. The summed E-state index contributed by atoms with van der Waals surface area (Å²) in [6.45, 7) is 0. The first-order valence-corrected chi connectivity index (χ1v) is 8.07. The molecular weight excluding hydrogens is 399 g/mol. The van der Waals surface area contributed by atoms with E-state index in [1.165, 1.54) is 0 Å². The van der Waals surface area contributed by atoms with Crippen molar-refractivity contribution in [2.75, 3.05) is 5.32 Å². The molecule has 0 bridgehead atoms. The van der Waals surface area contributed by atoms with Crippen molar-refractivity contribution in [3.8, 4) is 0 Å². The van der Waals surface area contributed by atoms with Gasteiger partial charge >= 0.3 is 0 Å². The second-order valence-electron chi connectivity index (χ2n) is 4.73. The number of benzene rings is 2. The van der Waals surface area contributed by atoms with Crippen molar-refractivity contribution in [1.82, 2.24) is 0 Å². The molecule has 1 unspecified atom stereocenters. The van der Waals surface area contributed by atoms with Crippen molar-refractivity contribution in [3.63, 3.8) is 0 Å². The molecule has 0 aliphatic carbocycles. The van der Waals surface area contributed by atoms with E-state index < -0.39 is 0 Å². The summed E-state index contributed by atoms with van der Waals surface area (Å²) in [7, 11) is 0. The van der Waals surface area contributed by atoms with Gasteiger partial charge in [-0.3, -0.25) is 4.79 Å². The summed E-state index contributed by atoms with van der Waals surface area (Å²) in [6, 6.07) is 15.2. The fraction of sp³-hybridized carbons (Fsp3) is 0.188. The SMILES string of the molecule is NC(CCC(=O)Nc1ccc(I)cc1Cl)c1ccccc1. The molecule has 1 atom stereocenters. The van der Waals surface area contributed by atoms with E-state index in [9.17, 15) is 4.79 Å². The van der Waals surface area contributed by atoms with Crippen LogP contribution < -0.4 is 11.1 Å². The van der Waals surface area contributed by atoms with Crippen LogP contribution in [0.3, 0.4) is 0 Å². The molecule has 2 aromatic rings. The van der Waals surface area contributed by atoms with Crippen molar-refractivity contribution in [2.24, 2.45) is 5.73 Å². The third-order valence-electron chi connectivity index (χ3n) is 3.12. The minimum Gasteiger partial charge on any atom is -0.325 e. The highest BCUT2D eigenvalue weighted by Gasteiger charge is 2.10. The van der Waals surface area contributed by atoms with Gasteiger partial charge in [-0.2, -0.15) is 0 Å². The second kappa shape index (κ2) is 7.77. The second-order valence-corrected chi connectivity index (χ2v) is 6.38. The average molecular weight is 415 g/mol. The van der Waals surface area contributed by atoms with Crippen LogP contribution in [0.1, 0.15) is 24.4 Å². The molecule has 3 nitrogen and oxygen atoms in total. The molecule has 2 rings (SSSR count). The van der Waals surface area contributed by atoms with E-state index in [0.29, 0.717) is 23.6 Å². The van der Waals surface area contributed by atoms with E-state index in [4.69, 9.17) is 17.3 Å². The maximum absolute atomic E-state index is 12.0. The summed E-state index contributed by atoms with van der Waals surface area (Å²) >= 11 is 8.26. The Kier molecular flexibility index (Phi) is 6.02. The van der Waals surface area contributed by atoms with Crippen molar-refractivity contribution in [2.45, 2.75) is 18.9 Å². The van der Waals surface area contributed by atoms with Gasteiger partial charge in [0.25, 0.3) is 0 Å². The number of anilines is 1. The molecular formula is C16H16ClIN2O. The minimum atomic E-state index is -0.135. The van der Waals surface area contributed by atoms with Crippen molar-refractivity contribution in [1.29, 1.82) is 0 Å². The molecule has 0 aliphatic heterocycles. The molecule has 1 amide bonds. The molecule has 0 saturated carbocycles. The third kappa shape index (κ3) is 4.98. The maximum atomic E-state index is 12.0. The van der Waals surface area contributed by atoms with E-state index in [0.717, 1.165) is 9.13 Å². The first kappa shape index (κ1) is 16.3. The van der Waals surface area contributed by atoms with Crippen molar-refractivity contribution >= 4 is 45.8 Å². The smallest absolute Gasteiger partial charge is 0.224 e. The Balaban J connectivity index is 1.87. The number of carbonyl (C=O) groups is 1. The van der Waals surface area contributed by atoms with Gasteiger partial charge in [-0.15, -0.1) is 0 Å². The predicted octanol–water partition coefficient (Wildman–Crippen LogP) is 4.36. The zero-order valence-electron chi connectivity index (χ0n) is 11.4. The van der Waals surface area contributed by atoms with Crippen LogP contribution in [0, 0.1) is 3.57 Å². The Morgan fingerprint density at radius 2 is 1.95 bits per heavy atom. The van der Waals surface area contributed by atoms with Crippen LogP contribution in [0.15, 0.2) is 48.5 Å². The minimum absolute atomic E-state index is 0.0792. The van der Waals surface area contributed by atoms with E-state index in [1.54, 1.807) is 6.07 Å². The van der Waals surface area contributed by atoms with Gasteiger partial charge in [0.15, 0.2) is 0 Å². The van der Waals surface area contributed by atoms with Gasteiger partial charge in [0.2, 0.25) is 5.91 Å². The van der Waals surface area contributed by atoms with Crippen LogP contribution in [0.4, 0.5) is 5.69 Å². The Morgan fingerprint density at radius 3 is 2.62 bits per heavy atom. The van der Waals surface area contributed by atoms with Crippen LogP contribution in [0.25, 0.3) is 0 Å². The summed E-state index contributed by atoms with van der Waals surface area (Å²) in [5.74, 6) is -0.0792. The fourth-order valence-corrected chi connectivity index (χ4v) is 2.86. The summed E-state index contributed by atoms with van der Waals surface area (Å²) in [6.07, 6.45) is 0.955. The molecule has 0 radical (unpaired) electrons. The van der Waals surface area contributed by atoms with Gasteiger partial charge in [-0.05, 0) is 52.8 Å². The standard InChI is InChI=1S/C16H16ClIN2O/c17-13-10-12(18)6-8-15(13)20-16(21)9-7-14(19)11-4-2-1-3-5-11/h1-6,8,10,14H,7,9,19H2,(H,20,21). The molecule has 0 saturated heterocycles. The van der Waals surface area contributed by atoms with Crippen LogP contribution in [0.5, 0.6) is 0 Å². The Morgan fingerprint density at radius 1 is 1.24 bits per heavy atom. The van der Waals surface area contributed by atoms with E-state index in [-0.39, 0.29) is 11.9 Å². The Hall–Kier alpha value is -1.11. The zero-order valence-corrected chi connectivity index (χ0v) is 14.3. The predicted molar refractivity (Wildman–Crippen MR) is 95.4 cm³/mol. The largest absolute Gasteiger partial charge is 0.325 e. The van der Waals surface area contributed by atoms with Gasteiger partial charge in [0, 0.05) is 16.0 Å². The topological polar surface area (TPSA) is 55.1 Å². The molecule has 3 N–H and O–H groups in total. The molecule has 0 fully saturated rings. The lowest BCUT2D eigenvalue weighted by atomic mass is 10.0. The Labute approximate surface area is 143 Å². The van der Waals surface area contributed by atoms with Gasteiger partial charge in [-0.25, -0.2) is 0 Å². The normalized spacial score (nSPS) is 12.0. The lowest BCUT2D eigenvalue weighted by Crippen LogP contribution is -2.16. The average Bonchev–Trinajstić information content (AvgIpc) is 2.48. The molecule has 2 aromatic carbocycles. The first-order chi connectivity index (χ1) is 10.1. The summed E-state index contributed by atoms with van der Waals surface area (Å²) < 4.78 is 1.03. The monoisotopic (exact) mass is 414 g/mol. The molecule has 5 heteroatoms. The number of nitrogens with one attached hydrogen (secondary N) is 1. The van der Waals surface area contributed by atoms with Crippen LogP contribution in [0.2, 0.25) is 5.02 Å². The van der Waals surface area contributed by atoms with Gasteiger partial charge in [-0.1, -0.05) is 41.9 Å². The quantitative estimate of drug-likeness (QED) is 0.714. The number of nitrogens with two attached hydrogens (primary N) is 1. The molecule has 110 valence electrons. The van der Waals surface area contributed by atoms with Crippen molar-refractivity contribution < 1.29 is 4.79 Å². The van der Waals surface area contributed by atoms with Crippen LogP contribution >= 0.6 is 34.2 Å². The highest BCUT2D eigenvalue weighted by molar-refractivity contribution is 14.1. The van der Waals surface area contributed by atoms with Crippen LogP contribution in [-0.4, -0.2) is 5.91 Å². The van der Waals surface area contributed by atoms with Gasteiger partial charge in [0.1, 0.15) is 0 Å². The first-order valence-electron chi connectivity index (χ1n) is 6.61. The van der Waals surface area contributed by atoms with E-state index in [2.05, 4.69) is 27.9 Å². The van der Waals surface area contributed by atoms with E-state index in [1.807, 2.05) is 42.5 Å². The van der Waals surface area contributed by atoms with Crippen LogP contribution in [-0.2, 0) is 4.79 Å².